The van der Waals surface area contributed by atoms with Crippen LogP contribution in [0.15, 0.2) is 24.3 Å². The third kappa shape index (κ3) is 4.72. The van der Waals surface area contributed by atoms with E-state index in [2.05, 4.69) is 10.6 Å². The van der Waals surface area contributed by atoms with Gasteiger partial charge in [0.1, 0.15) is 0 Å². The largest absolute Gasteiger partial charge is 0.350 e. The molecular formula is C15H22ClN3O2. The second-order valence-electron chi connectivity index (χ2n) is 5.28. The van der Waals surface area contributed by atoms with Crippen molar-refractivity contribution in [2.75, 3.05) is 27.2 Å². The Labute approximate surface area is 131 Å². The Balaban J connectivity index is 0.00000220. The van der Waals surface area contributed by atoms with Crippen molar-refractivity contribution in [3.8, 4) is 0 Å². The Kier molecular flexibility index (Phi) is 6.65. The van der Waals surface area contributed by atoms with Gasteiger partial charge in [-0.25, -0.2) is 0 Å². The number of hydrogen-bond donors (Lipinski definition) is 2. The molecule has 2 N–H and O–H groups in total. The van der Waals surface area contributed by atoms with Crippen LogP contribution in [0.1, 0.15) is 33.6 Å². The molecule has 0 spiro atoms. The summed E-state index contributed by atoms with van der Waals surface area (Å²) >= 11 is 0. The van der Waals surface area contributed by atoms with Crippen molar-refractivity contribution in [2.45, 2.75) is 18.9 Å². The third-order valence-electron chi connectivity index (χ3n) is 3.45. The van der Waals surface area contributed by atoms with E-state index in [-0.39, 0.29) is 24.2 Å². The molecule has 0 bridgehead atoms. The summed E-state index contributed by atoms with van der Waals surface area (Å²) in [6.45, 7) is 1.65. The minimum Gasteiger partial charge on any atom is -0.350 e. The quantitative estimate of drug-likeness (QED) is 0.881. The van der Waals surface area contributed by atoms with Crippen LogP contribution in [0.3, 0.4) is 0 Å². The third-order valence-corrected chi connectivity index (χ3v) is 3.45. The van der Waals surface area contributed by atoms with Crippen LogP contribution in [0.2, 0.25) is 0 Å². The maximum atomic E-state index is 12.1. The SMILES string of the molecule is CN(C)C(=O)c1cccc(C(=O)NCC2CCCN2)c1.Cl. The average molecular weight is 312 g/mol. The summed E-state index contributed by atoms with van der Waals surface area (Å²) in [6.07, 6.45) is 2.26. The number of rotatable bonds is 4. The van der Waals surface area contributed by atoms with Gasteiger partial charge in [-0.2, -0.15) is 0 Å². The zero-order chi connectivity index (χ0) is 14.5. The van der Waals surface area contributed by atoms with Crippen LogP contribution in [-0.4, -0.2) is 49.9 Å². The number of benzene rings is 1. The summed E-state index contributed by atoms with van der Waals surface area (Å²) in [5.74, 6) is -0.232. The zero-order valence-electron chi connectivity index (χ0n) is 12.4. The highest BCUT2D eigenvalue weighted by molar-refractivity contribution is 5.99. The monoisotopic (exact) mass is 311 g/mol. The fraction of sp³-hybridized carbons (Fsp3) is 0.467. The lowest BCUT2D eigenvalue weighted by molar-refractivity contribution is 0.0827. The van der Waals surface area contributed by atoms with Gasteiger partial charge in [-0.1, -0.05) is 6.07 Å². The molecule has 1 fully saturated rings. The van der Waals surface area contributed by atoms with Gasteiger partial charge >= 0.3 is 0 Å². The van der Waals surface area contributed by atoms with E-state index in [1.165, 1.54) is 4.90 Å². The summed E-state index contributed by atoms with van der Waals surface area (Å²) < 4.78 is 0. The van der Waals surface area contributed by atoms with Gasteiger partial charge in [0.05, 0.1) is 0 Å². The molecule has 0 aliphatic carbocycles. The smallest absolute Gasteiger partial charge is 0.253 e. The summed E-state index contributed by atoms with van der Waals surface area (Å²) in [5, 5.41) is 6.24. The van der Waals surface area contributed by atoms with E-state index >= 15 is 0 Å². The van der Waals surface area contributed by atoms with Crippen LogP contribution >= 0.6 is 12.4 Å². The molecule has 116 valence electrons. The lowest BCUT2D eigenvalue weighted by atomic mass is 10.1. The molecular weight excluding hydrogens is 290 g/mol. The van der Waals surface area contributed by atoms with E-state index in [4.69, 9.17) is 0 Å². The molecule has 6 heteroatoms. The van der Waals surface area contributed by atoms with Gasteiger partial charge in [-0.3, -0.25) is 9.59 Å². The highest BCUT2D eigenvalue weighted by atomic mass is 35.5. The minimum atomic E-state index is -0.132. The van der Waals surface area contributed by atoms with Gasteiger partial charge in [0.15, 0.2) is 0 Å². The molecule has 1 atom stereocenters. The van der Waals surface area contributed by atoms with Gasteiger partial charge in [-0.05, 0) is 37.6 Å². The molecule has 0 aromatic heterocycles. The topological polar surface area (TPSA) is 61.4 Å². The van der Waals surface area contributed by atoms with E-state index in [0.717, 1.165) is 19.4 Å². The van der Waals surface area contributed by atoms with Crippen molar-refractivity contribution >= 4 is 24.2 Å². The first-order valence-electron chi connectivity index (χ1n) is 6.91. The lowest BCUT2D eigenvalue weighted by Crippen LogP contribution is -2.37. The number of amides is 2. The number of nitrogens with zero attached hydrogens (tertiary/aromatic N) is 1. The number of nitrogens with one attached hydrogen (secondary N) is 2. The van der Waals surface area contributed by atoms with E-state index < -0.39 is 0 Å². The molecule has 1 aromatic carbocycles. The van der Waals surface area contributed by atoms with Crippen LogP contribution in [0.25, 0.3) is 0 Å². The fourth-order valence-corrected chi connectivity index (χ4v) is 2.30. The van der Waals surface area contributed by atoms with Crippen LogP contribution in [0, 0.1) is 0 Å². The Bertz CT molecular complexity index is 499. The van der Waals surface area contributed by atoms with Gasteiger partial charge in [0, 0.05) is 37.8 Å². The van der Waals surface area contributed by atoms with Crippen molar-refractivity contribution in [2.24, 2.45) is 0 Å². The molecule has 1 aliphatic rings. The van der Waals surface area contributed by atoms with Crippen LogP contribution in [-0.2, 0) is 0 Å². The van der Waals surface area contributed by atoms with Crippen LogP contribution < -0.4 is 10.6 Å². The normalized spacial score (nSPS) is 17.0. The summed E-state index contributed by atoms with van der Waals surface area (Å²) in [5.41, 5.74) is 1.05. The number of carbonyl (C=O) groups is 2. The van der Waals surface area contributed by atoms with Crippen molar-refractivity contribution in [1.82, 2.24) is 15.5 Å². The first-order chi connectivity index (χ1) is 9.58. The zero-order valence-corrected chi connectivity index (χ0v) is 13.2. The molecule has 1 unspecified atom stereocenters. The van der Waals surface area contributed by atoms with Crippen molar-refractivity contribution in [3.05, 3.63) is 35.4 Å². The molecule has 1 heterocycles. The number of carbonyl (C=O) groups excluding carboxylic acids is 2. The summed E-state index contributed by atoms with van der Waals surface area (Å²) in [6, 6.07) is 7.19. The Hall–Kier alpha value is -1.59. The maximum absolute atomic E-state index is 12.1. The maximum Gasteiger partial charge on any atom is 0.253 e. The molecule has 1 saturated heterocycles. The van der Waals surface area contributed by atoms with Crippen LogP contribution in [0.4, 0.5) is 0 Å². The second kappa shape index (κ2) is 8.00. The highest BCUT2D eigenvalue weighted by Crippen LogP contribution is 2.08. The van der Waals surface area contributed by atoms with Gasteiger partial charge in [0.2, 0.25) is 0 Å². The Morgan fingerprint density at radius 3 is 2.67 bits per heavy atom. The first-order valence-corrected chi connectivity index (χ1v) is 6.91. The fourth-order valence-electron chi connectivity index (χ4n) is 2.30. The van der Waals surface area contributed by atoms with E-state index in [9.17, 15) is 9.59 Å². The van der Waals surface area contributed by atoms with Gasteiger partial charge in [-0.15, -0.1) is 12.4 Å². The standard InChI is InChI=1S/C15H21N3O2.ClH/c1-18(2)15(20)12-6-3-5-11(9-12)14(19)17-10-13-7-4-8-16-13;/h3,5-6,9,13,16H,4,7-8,10H2,1-2H3,(H,17,19);1H. The van der Waals surface area contributed by atoms with Gasteiger partial charge in [0.25, 0.3) is 11.8 Å². The van der Waals surface area contributed by atoms with Crippen molar-refractivity contribution < 1.29 is 9.59 Å². The summed E-state index contributed by atoms with van der Waals surface area (Å²) in [7, 11) is 3.39. The predicted molar refractivity (Wildman–Crippen MR) is 85.1 cm³/mol. The van der Waals surface area contributed by atoms with Crippen molar-refractivity contribution in [3.63, 3.8) is 0 Å². The number of hydrogen-bond acceptors (Lipinski definition) is 3. The predicted octanol–water partition coefficient (Wildman–Crippen LogP) is 1.29. The Morgan fingerprint density at radius 2 is 2.05 bits per heavy atom. The molecule has 2 rings (SSSR count). The van der Waals surface area contributed by atoms with E-state index in [1.807, 2.05) is 0 Å². The first kappa shape index (κ1) is 17.5. The van der Waals surface area contributed by atoms with Crippen LogP contribution in [0.5, 0.6) is 0 Å². The molecule has 21 heavy (non-hydrogen) atoms. The second-order valence-corrected chi connectivity index (χ2v) is 5.28. The van der Waals surface area contributed by atoms with Gasteiger partial charge < -0.3 is 15.5 Å². The lowest BCUT2D eigenvalue weighted by Gasteiger charge is -2.13. The molecule has 0 radical (unpaired) electrons. The van der Waals surface area contributed by atoms with E-state index in [0.29, 0.717) is 23.7 Å². The molecule has 2 amide bonds. The van der Waals surface area contributed by atoms with E-state index in [1.54, 1.807) is 38.4 Å². The Morgan fingerprint density at radius 1 is 1.33 bits per heavy atom. The number of halogens is 1. The summed E-state index contributed by atoms with van der Waals surface area (Å²) in [4.78, 5) is 25.5. The minimum absolute atomic E-state index is 0. The molecule has 5 nitrogen and oxygen atoms in total. The molecule has 1 aliphatic heterocycles. The molecule has 1 aromatic rings. The average Bonchev–Trinajstić information content (AvgIpc) is 2.97. The van der Waals surface area contributed by atoms with Crippen molar-refractivity contribution in [1.29, 1.82) is 0 Å². The highest BCUT2D eigenvalue weighted by Gasteiger charge is 2.16. The molecule has 0 saturated carbocycles.